The van der Waals surface area contributed by atoms with Gasteiger partial charge in [0.1, 0.15) is 12.9 Å². The average Bonchev–Trinajstić information content (AvgIpc) is 2.38. The quantitative estimate of drug-likeness (QED) is 0.505. The predicted molar refractivity (Wildman–Crippen MR) is 79.0 cm³/mol. The van der Waals surface area contributed by atoms with Gasteiger partial charge in [0.2, 0.25) is 0 Å². The van der Waals surface area contributed by atoms with Crippen LogP contribution in [0.3, 0.4) is 0 Å². The van der Waals surface area contributed by atoms with Gasteiger partial charge in [-0.15, -0.1) is 0 Å². The molecule has 0 radical (unpaired) electrons. The lowest BCUT2D eigenvalue weighted by atomic mass is 10.2. The molecule has 0 N–H and O–H groups in total. The van der Waals surface area contributed by atoms with Gasteiger partial charge >= 0.3 is 0 Å². The van der Waals surface area contributed by atoms with E-state index in [1.54, 1.807) is 0 Å². The van der Waals surface area contributed by atoms with Gasteiger partial charge in [-0.1, -0.05) is 48.0 Å². The first-order chi connectivity index (χ1) is 8.00. The summed E-state index contributed by atoms with van der Waals surface area (Å²) in [6, 6.07) is 0. The first kappa shape index (κ1) is 16.0. The maximum absolute atomic E-state index is 13.8. The normalized spacial score (nSPS) is 23.9. The molecule has 1 aliphatic rings. The summed E-state index contributed by atoms with van der Waals surface area (Å²) in [5.41, 5.74) is 0.0903. The van der Waals surface area contributed by atoms with Crippen molar-refractivity contribution in [1.29, 1.82) is 0 Å². The molecule has 0 amide bonds. The molecule has 0 heterocycles. The summed E-state index contributed by atoms with van der Waals surface area (Å²) in [6.45, 7) is 12.5. The van der Waals surface area contributed by atoms with Crippen LogP contribution in [-0.4, -0.2) is 21.8 Å². The molecule has 1 fully saturated rings. The van der Waals surface area contributed by atoms with E-state index >= 15 is 0 Å². The van der Waals surface area contributed by atoms with Crippen molar-refractivity contribution in [3.63, 3.8) is 0 Å². The lowest BCUT2D eigenvalue weighted by Crippen LogP contribution is -2.35. The fraction of sp³-hybridized carbons (Fsp3) is 0.933. The maximum Gasteiger partial charge on any atom is 0.133 e. The van der Waals surface area contributed by atoms with E-state index in [9.17, 15) is 9.36 Å². The molecule has 1 aliphatic carbocycles. The van der Waals surface area contributed by atoms with Crippen LogP contribution in [0, 0.1) is 0 Å². The van der Waals surface area contributed by atoms with Crippen LogP contribution in [0.15, 0.2) is 0 Å². The van der Waals surface area contributed by atoms with Crippen molar-refractivity contribution in [3.05, 3.63) is 0 Å². The van der Waals surface area contributed by atoms with E-state index in [0.717, 1.165) is 19.3 Å². The van der Waals surface area contributed by atoms with Gasteiger partial charge in [0.25, 0.3) is 0 Å². The lowest BCUT2D eigenvalue weighted by molar-refractivity contribution is -0.118. The highest BCUT2D eigenvalue weighted by Gasteiger charge is 2.51. The van der Waals surface area contributed by atoms with Crippen molar-refractivity contribution >= 4 is 12.9 Å². The Hall–Kier alpha value is -0.100. The highest BCUT2D eigenvalue weighted by atomic mass is 31.2. The van der Waals surface area contributed by atoms with Crippen LogP contribution in [0.2, 0.25) is 0 Å². The molecule has 1 saturated carbocycles. The molecule has 1 atom stereocenters. The Morgan fingerprint density at radius 2 is 1.50 bits per heavy atom. The van der Waals surface area contributed by atoms with E-state index in [4.69, 9.17) is 0 Å². The topological polar surface area (TPSA) is 34.1 Å². The van der Waals surface area contributed by atoms with E-state index in [-0.39, 0.29) is 16.0 Å². The molecule has 3 heteroatoms. The number of rotatable bonds is 1. The van der Waals surface area contributed by atoms with Gasteiger partial charge in [0.05, 0.1) is 0 Å². The number of hydrogen-bond acceptors (Lipinski definition) is 2. The number of ketones is 1. The minimum absolute atomic E-state index is 0.0903. The molecule has 1 unspecified atom stereocenters. The number of Topliss-reactive ketones (excluding diaryl/α,β-unsaturated/α-hetero) is 1. The molecule has 1 rings (SSSR count). The number of hydrogen-bond donors (Lipinski definition) is 0. The second-order valence-corrected chi connectivity index (χ2v) is 12.4. The monoisotopic (exact) mass is 272 g/mol. The Kier molecular flexibility index (Phi) is 4.53. The van der Waals surface area contributed by atoms with Crippen molar-refractivity contribution < 1.29 is 9.36 Å². The zero-order valence-electron chi connectivity index (χ0n) is 12.9. The minimum Gasteiger partial charge on any atom is -0.322 e. The van der Waals surface area contributed by atoms with E-state index in [1.807, 2.05) is 0 Å². The van der Waals surface area contributed by atoms with Crippen molar-refractivity contribution in [2.45, 2.75) is 89.6 Å². The second kappa shape index (κ2) is 5.12. The molecular formula is C15H29O2P. The fourth-order valence-corrected chi connectivity index (χ4v) is 8.79. The SMILES string of the molecule is CC(C)(C)P(=O)(C1CCCCC(=O)C1)C(C)(C)C. The first-order valence-electron chi connectivity index (χ1n) is 7.12. The third-order valence-corrected chi connectivity index (χ3v) is 9.67. The van der Waals surface area contributed by atoms with Crippen LogP contribution in [-0.2, 0) is 9.36 Å². The van der Waals surface area contributed by atoms with Crippen LogP contribution < -0.4 is 0 Å². The molecule has 0 spiro atoms. The van der Waals surface area contributed by atoms with Crippen molar-refractivity contribution in [3.8, 4) is 0 Å². The summed E-state index contributed by atoms with van der Waals surface area (Å²) in [6.07, 6.45) is 4.20. The Balaban J connectivity index is 3.19. The van der Waals surface area contributed by atoms with Gasteiger partial charge < -0.3 is 4.57 Å². The standard InChI is InChI=1S/C15H29O2P/c1-14(2,3)18(17,15(4,5)6)13-10-8-7-9-12(16)11-13/h13H,7-11H2,1-6H3. The van der Waals surface area contributed by atoms with Gasteiger partial charge in [-0.2, -0.15) is 0 Å². The van der Waals surface area contributed by atoms with Crippen molar-refractivity contribution in [2.75, 3.05) is 0 Å². The Bertz CT molecular complexity index is 340. The van der Waals surface area contributed by atoms with Gasteiger partial charge in [-0.25, -0.2) is 0 Å². The molecule has 0 aliphatic heterocycles. The molecular weight excluding hydrogens is 243 g/mol. The molecule has 0 bridgehead atoms. The molecule has 2 nitrogen and oxygen atoms in total. The maximum atomic E-state index is 13.8. The van der Waals surface area contributed by atoms with Crippen LogP contribution >= 0.6 is 7.14 Å². The van der Waals surface area contributed by atoms with Gasteiger partial charge in [0, 0.05) is 28.8 Å². The smallest absolute Gasteiger partial charge is 0.133 e. The first-order valence-corrected chi connectivity index (χ1v) is 8.89. The summed E-state index contributed by atoms with van der Waals surface area (Å²) >= 11 is 0. The number of carbonyl (C=O) groups excluding carboxylic acids is 1. The molecule has 0 aromatic rings. The average molecular weight is 272 g/mol. The predicted octanol–water partition coefficient (Wildman–Crippen LogP) is 4.85. The van der Waals surface area contributed by atoms with E-state index in [2.05, 4.69) is 41.5 Å². The van der Waals surface area contributed by atoms with Crippen LogP contribution in [0.25, 0.3) is 0 Å². The summed E-state index contributed by atoms with van der Waals surface area (Å²) < 4.78 is 13.8. The Morgan fingerprint density at radius 1 is 1.00 bits per heavy atom. The largest absolute Gasteiger partial charge is 0.322 e. The highest BCUT2D eigenvalue weighted by molar-refractivity contribution is 7.67. The van der Waals surface area contributed by atoms with Crippen LogP contribution in [0.4, 0.5) is 0 Å². The second-order valence-electron chi connectivity index (χ2n) is 7.64. The van der Waals surface area contributed by atoms with E-state index in [0.29, 0.717) is 18.6 Å². The third-order valence-electron chi connectivity index (χ3n) is 4.21. The molecule has 106 valence electrons. The fourth-order valence-electron chi connectivity index (χ4n) is 3.58. The van der Waals surface area contributed by atoms with Crippen molar-refractivity contribution in [2.24, 2.45) is 0 Å². The Morgan fingerprint density at radius 3 is 1.94 bits per heavy atom. The third kappa shape index (κ3) is 2.90. The number of carbonyl (C=O) groups is 1. The minimum atomic E-state index is -2.45. The van der Waals surface area contributed by atoms with E-state index < -0.39 is 7.14 Å². The molecule has 0 aromatic carbocycles. The summed E-state index contributed by atoms with van der Waals surface area (Å²) in [4.78, 5) is 11.9. The van der Waals surface area contributed by atoms with Gasteiger partial charge in [-0.05, 0) is 12.8 Å². The van der Waals surface area contributed by atoms with E-state index in [1.165, 1.54) is 0 Å². The molecule has 0 aromatic heterocycles. The summed E-state index contributed by atoms with van der Waals surface area (Å²) in [5, 5.41) is -0.443. The van der Waals surface area contributed by atoms with Crippen molar-refractivity contribution in [1.82, 2.24) is 0 Å². The summed E-state index contributed by atoms with van der Waals surface area (Å²) in [5.74, 6) is 0.311. The van der Waals surface area contributed by atoms with Crippen LogP contribution in [0.5, 0.6) is 0 Å². The zero-order valence-corrected chi connectivity index (χ0v) is 13.8. The van der Waals surface area contributed by atoms with Crippen LogP contribution in [0.1, 0.15) is 73.6 Å². The van der Waals surface area contributed by atoms with Gasteiger partial charge in [-0.3, -0.25) is 4.79 Å². The summed E-state index contributed by atoms with van der Waals surface area (Å²) in [7, 11) is -2.45. The highest BCUT2D eigenvalue weighted by Crippen LogP contribution is 2.71. The zero-order chi connectivity index (χ0) is 14.2. The lowest BCUT2D eigenvalue weighted by Gasteiger charge is -2.45. The van der Waals surface area contributed by atoms with Gasteiger partial charge in [0.15, 0.2) is 0 Å². The molecule has 18 heavy (non-hydrogen) atoms. The Labute approximate surface area is 112 Å². The molecule has 0 saturated heterocycles.